The molecule has 0 atom stereocenters. The van der Waals surface area contributed by atoms with Crippen molar-refractivity contribution in [1.82, 2.24) is 0 Å². The number of alkyl halides is 3. The summed E-state index contributed by atoms with van der Waals surface area (Å²) in [5, 5.41) is 0.886. The summed E-state index contributed by atoms with van der Waals surface area (Å²) in [5.41, 5.74) is 0. The zero-order valence-electron chi connectivity index (χ0n) is 7.14. The highest BCUT2D eigenvalue weighted by Gasteiger charge is 2.28. The van der Waals surface area contributed by atoms with Gasteiger partial charge in [0.2, 0.25) is 0 Å². The van der Waals surface area contributed by atoms with Gasteiger partial charge in [-0.2, -0.15) is 13.2 Å². The van der Waals surface area contributed by atoms with Crippen LogP contribution in [-0.4, -0.2) is 6.18 Å². The summed E-state index contributed by atoms with van der Waals surface area (Å²) >= 11 is 1.20. The maximum atomic E-state index is 12.1. The van der Waals surface area contributed by atoms with Gasteiger partial charge in [-0.3, -0.25) is 0 Å². The molecule has 2 aromatic rings. The average Bonchev–Trinajstić information content (AvgIpc) is 2.42. The lowest BCUT2D eigenvalue weighted by atomic mass is 10.2. The molecule has 0 bridgehead atoms. The van der Waals surface area contributed by atoms with Crippen LogP contribution in [-0.2, 0) is 6.42 Å². The molecule has 0 saturated heterocycles. The summed E-state index contributed by atoms with van der Waals surface area (Å²) in [6.07, 6.45) is -4.94. The third kappa shape index (κ3) is 2.07. The molecule has 0 fully saturated rings. The van der Waals surface area contributed by atoms with E-state index in [9.17, 15) is 13.2 Å². The predicted molar refractivity (Wildman–Crippen MR) is 51.6 cm³/mol. The Morgan fingerprint density at radius 1 is 1.14 bits per heavy atom. The van der Waals surface area contributed by atoms with Gasteiger partial charge in [0.05, 0.1) is 6.42 Å². The molecule has 0 amide bonds. The van der Waals surface area contributed by atoms with Gasteiger partial charge in [0, 0.05) is 9.58 Å². The van der Waals surface area contributed by atoms with Gasteiger partial charge < -0.3 is 0 Å². The Hall–Kier alpha value is -1.03. The summed E-state index contributed by atoms with van der Waals surface area (Å²) < 4.78 is 37.1. The number of halogens is 3. The van der Waals surface area contributed by atoms with Crippen molar-refractivity contribution in [1.29, 1.82) is 0 Å². The lowest BCUT2D eigenvalue weighted by Gasteiger charge is -2.01. The zero-order valence-corrected chi connectivity index (χ0v) is 7.95. The highest BCUT2D eigenvalue weighted by atomic mass is 32.1. The molecule has 0 spiro atoms. The van der Waals surface area contributed by atoms with E-state index in [1.54, 1.807) is 6.07 Å². The fourth-order valence-electron chi connectivity index (χ4n) is 1.32. The van der Waals surface area contributed by atoms with E-state index in [1.807, 2.05) is 24.3 Å². The average molecular weight is 216 g/mol. The Balaban J connectivity index is 2.36. The Morgan fingerprint density at radius 3 is 2.50 bits per heavy atom. The highest BCUT2D eigenvalue weighted by molar-refractivity contribution is 7.19. The summed E-state index contributed by atoms with van der Waals surface area (Å²) in [5.74, 6) is 0. The van der Waals surface area contributed by atoms with Crippen LogP contribution >= 0.6 is 11.3 Å². The van der Waals surface area contributed by atoms with E-state index < -0.39 is 12.6 Å². The molecule has 0 radical (unpaired) electrons. The van der Waals surface area contributed by atoms with Crippen LogP contribution in [0.15, 0.2) is 30.3 Å². The van der Waals surface area contributed by atoms with Crippen LogP contribution < -0.4 is 0 Å². The second kappa shape index (κ2) is 3.28. The van der Waals surface area contributed by atoms with Crippen LogP contribution in [0.1, 0.15) is 4.88 Å². The molecule has 0 aliphatic heterocycles. The van der Waals surface area contributed by atoms with E-state index in [0.717, 1.165) is 10.1 Å². The summed E-state index contributed by atoms with van der Waals surface area (Å²) in [4.78, 5) is 0.374. The predicted octanol–water partition coefficient (Wildman–Crippen LogP) is 4.01. The number of fused-ring (bicyclic) bond motifs is 1. The van der Waals surface area contributed by atoms with Crippen molar-refractivity contribution in [2.24, 2.45) is 0 Å². The molecule has 2 rings (SSSR count). The first-order valence-electron chi connectivity index (χ1n) is 4.09. The third-order valence-electron chi connectivity index (χ3n) is 1.85. The standard InChI is InChI=1S/C10H7F3S/c11-10(12,13)6-8-5-7-3-1-2-4-9(7)14-8/h1-5H,6H2. The molecule has 1 heterocycles. The molecule has 1 aromatic carbocycles. The van der Waals surface area contributed by atoms with Crippen molar-refractivity contribution >= 4 is 21.4 Å². The van der Waals surface area contributed by atoms with E-state index >= 15 is 0 Å². The molecule has 0 unspecified atom stereocenters. The smallest absolute Gasteiger partial charge is 0.171 e. The molecule has 0 saturated carbocycles. The largest absolute Gasteiger partial charge is 0.393 e. The van der Waals surface area contributed by atoms with E-state index in [4.69, 9.17) is 0 Å². The van der Waals surface area contributed by atoms with Gasteiger partial charge in [-0.05, 0) is 17.5 Å². The number of thiophene rings is 1. The molecule has 4 heteroatoms. The normalized spacial score (nSPS) is 12.2. The van der Waals surface area contributed by atoms with Gasteiger partial charge in [0.1, 0.15) is 0 Å². The van der Waals surface area contributed by atoms with Gasteiger partial charge >= 0.3 is 6.18 Å². The van der Waals surface area contributed by atoms with Crippen LogP contribution in [0.25, 0.3) is 10.1 Å². The van der Waals surface area contributed by atoms with Crippen molar-refractivity contribution in [3.8, 4) is 0 Å². The van der Waals surface area contributed by atoms with Gasteiger partial charge in [-0.15, -0.1) is 11.3 Å². The molecule has 0 aliphatic carbocycles. The Kier molecular flexibility index (Phi) is 2.23. The number of rotatable bonds is 1. The molecule has 0 N–H and O–H groups in total. The van der Waals surface area contributed by atoms with Crippen LogP contribution in [0.3, 0.4) is 0 Å². The maximum absolute atomic E-state index is 12.1. The molecule has 0 aliphatic rings. The van der Waals surface area contributed by atoms with Gasteiger partial charge in [-0.1, -0.05) is 18.2 Å². The Bertz CT molecular complexity index is 409. The van der Waals surface area contributed by atoms with Gasteiger partial charge in [0.15, 0.2) is 0 Å². The monoisotopic (exact) mass is 216 g/mol. The number of hydrogen-bond acceptors (Lipinski definition) is 1. The van der Waals surface area contributed by atoms with Crippen molar-refractivity contribution in [3.63, 3.8) is 0 Å². The minimum absolute atomic E-state index is 0.374. The van der Waals surface area contributed by atoms with Gasteiger partial charge in [0.25, 0.3) is 0 Å². The quantitative estimate of drug-likeness (QED) is 0.675. The molecular formula is C10H7F3S. The number of hydrogen-bond donors (Lipinski definition) is 0. The third-order valence-corrected chi connectivity index (χ3v) is 2.97. The highest BCUT2D eigenvalue weighted by Crippen LogP contribution is 2.30. The van der Waals surface area contributed by atoms with Crippen molar-refractivity contribution in [3.05, 3.63) is 35.2 Å². The first kappa shape index (κ1) is 9.52. The number of benzene rings is 1. The second-order valence-electron chi connectivity index (χ2n) is 3.04. The molecule has 0 nitrogen and oxygen atoms in total. The van der Waals surface area contributed by atoms with Crippen LogP contribution in [0.5, 0.6) is 0 Å². The minimum Gasteiger partial charge on any atom is -0.171 e. The SMILES string of the molecule is FC(F)(F)Cc1cc2ccccc2s1. The lowest BCUT2D eigenvalue weighted by Crippen LogP contribution is -2.09. The first-order valence-corrected chi connectivity index (χ1v) is 4.90. The molecular weight excluding hydrogens is 209 g/mol. The summed E-state index contributed by atoms with van der Waals surface area (Å²) in [7, 11) is 0. The molecule has 1 aromatic heterocycles. The fraction of sp³-hybridized carbons (Fsp3) is 0.200. The lowest BCUT2D eigenvalue weighted by molar-refractivity contribution is -0.126. The van der Waals surface area contributed by atoms with Crippen molar-refractivity contribution < 1.29 is 13.2 Å². The van der Waals surface area contributed by atoms with Crippen molar-refractivity contribution in [2.45, 2.75) is 12.6 Å². The van der Waals surface area contributed by atoms with Crippen LogP contribution in [0, 0.1) is 0 Å². The Morgan fingerprint density at radius 2 is 1.86 bits per heavy atom. The van der Waals surface area contributed by atoms with E-state index in [1.165, 1.54) is 11.3 Å². The van der Waals surface area contributed by atoms with Crippen LogP contribution in [0.2, 0.25) is 0 Å². The van der Waals surface area contributed by atoms with E-state index in [0.29, 0.717) is 4.88 Å². The topological polar surface area (TPSA) is 0 Å². The summed E-state index contributed by atoms with van der Waals surface area (Å²) in [6.45, 7) is 0. The van der Waals surface area contributed by atoms with E-state index in [-0.39, 0.29) is 0 Å². The second-order valence-corrected chi connectivity index (χ2v) is 4.21. The minimum atomic E-state index is -4.11. The van der Waals surface area contributed by atoms with E-state index in [2.05, 4.69) is 0 Å². The zero-order chi connectivity index (χ0) is 10.2. The fourth-order valence-corrected chi connectivity index (χ4v) is 2.42. The van der Waals surface area contributed by atoms with Crippen molar-refractivity contribution in [2.75, 3.05) is 0 Å². The van der Waals surface area contributed by atoms with Crippen LogP contribution in [0.4, 0.5) is 13.2 Å². The molecule has 14 heavy (non-hydrogen) atoms. The summed E-state index contributed by atoms with van der Waals surface area (Å²) in [6, 6.07) is 8.92. The van der Waals surface area contributed by atoms with Gasteiger partial charge in [-0.25, -0.2) is 0 Å². The maximum Gasteiger partial charge on any atom is 0.393 e. The molecule has 74 valence electrons. The Labute approximate surface area is 83.0 Å². The first-order chi connectivity index (χ1) is 6.54.